The Hall–Kier alpha value is -2.27. The van der Waals surface area contributed by atoms with E-state index in [1.807, 2.05) is 18.3 Å². The highest BCUT2D eigenvalue weighted by molar-refractivity contribution is 5.93. The predicted octanol–water partition coefficient (Wildman–Crippen LogP) is 0.996. The van der Waals surface area contributed by atoms with Gasteiger partial charge in [-0.15, -0.1) is 0 Å². The van der Waals surface area contributed by atoms with Crippen LogP contribution in [0, 0.1) is 0 Å². The van der Waals surface area contributed by atoms with Gasteiger partial charge in [0.1, 0.15) is 0 Å². The third-order valence-electron chi connectivity index (χ3n) is 2.56. The maximum Gasteiger partial charge on any atom is 0.252 e. The SMILES string of the molecule is O=C(NCCNCc1cccnc1)c1cccnc1. The smallest absolute Gasteiger partial charge is 0.252 e. The van der Waals surface area contributed by atoms with Crippen LogP contribution in [0.5, 0.6) is 0 Å². The summed E-state index contributed by atoms with van der Waals surface area (Å²) in [5, 5.41) is 6.07. The van der Waals surface area contributed by atoms with Crippen LogP contribution in [0.15, 0.2) is 49.1 Å². The lowest BCUT2D eigenvalue weighted by Gasteiger charge is -2.06. The van der Waals surface area contributed by atoms with Crippen LogP contribution in [-0.2, 0) is 6.54 Å². The van der Waals surface area contributed by atoms with Crippen LogP contribution in [0.1, 0.15) is 15.9 Å². The highest BCUT2D eigenvalue weighted by Crippen LogP contribution is 1.95. The monoisotopic (exact) mass is 256 g/mol. The summed E-state index contributed by atoms with van der Waals surface area (Å²) >= 11 is 0. The Kier molecular flexibility index (Phi) is 5.01. The summed E-state index contributed by atoms with van der Waals surface area (Å²) in [6.07, 6.45) is 6.77. The van der Waals surface area contributed by atoms with Gasteiger partial charge in [0.2, 0.25) is 0 Å². The van der Waals surface area contributed by atoms with E-state index in [9.17, 15) is 4.79 Å². The minimum absolute atomic E-state index is 0.101. The van der Waals surface area contributed by atoms with Gasteiger partial charge in [0.25, 0.3) is 5.91 Å². The molecule has 0 aliphatic heterocycles. The van der Waals surface area contributed by atoms with Crippen molar-refractivity contribution in [1.29, 1.82) is 0 Å². The summed E-state index contributed by atoms with van der Waals surface area (Å²) in [6.45, 7) is 2.03. The average Bonchev–Trinajstić information content (AvgIpc) is 2.49. The van der Waals surface area contributed by atoms with E-state index in [4.69, 9.17) is 0 Å². The van der Waals surface area contributed by atoms with Crippen molar-refractivity contribution in [1.82, 2.24) is 20.6 Å². The first-order valence-electron chi connectivity index (χ1n) is 6.14. The van der Waals surface area contributed by atoms with Crippen molar-refractivity contribution in [3.8, 4) is 0 Å². The number of nitrogens with zero attached hydrogens (tertiary/aromatic N) is 2. The van der Waals surface area contributed by atoms with Crippen LogP contribution < -0.4 is 10.6 Å². The van der Waals surface area contributed by atoms with Crippen molar-refractivity contribution in [2.75, 3.05) is 13.1 Å². The molecule has 0 aromatic carbocycles. The molecule has 1 amide bonds. The number of pyridine rings is 2. The van der Waals surface area contributed by atoms with Crippen molar-refractivity contribution >= 4 is 5.91 Å². The van der Waals surface area contributed by atoms with Crippen molar-refractivity contribution in [3.63, 3.8) is 0 Å². The lowest BCUT2D eigenvalue weighted by atomic mass is 10.2. The van der Waals surface area contributed by atoms with E-state index in [1.165, 1.54) is 0 Å². The highest BCUT2D eigenvalue weighted by Gasteiger charge is 2.03. The van der Waals surface area contributed by atoms with Gasteiger partial charge in [-0.3, -0.25) is 14.8 Å². The fourth-order valence-corrected chi connectivity index (χ4v) is 1.60. The standard InChI is InChI=1S/C14H16N4O/c19-14(13-4-2-6-16-11-13)18-8-7-17-10-12-3-1-5-15-9-12/h1-6,9,11,17H,7-8,10H2,(H,18,19). The second kappa shape index (κ2) is 7.23. The first-order valence-corrected chi connectivity index (χ1v) is 6.14. The van der Waals surface area contributed by atoms with E-state index in [2.05, 4.69) is 20.6 Å². The van der Waals surface area contributed by atoms with Gasteiger partial charge in [0.15, 0.2) is 0 Å². The Bertz CT molecular complexity index is 501. The van der Waals surface area contributed by atoms with E-state index >= 15 is 0 Å². The van der Waals surface area contributed by atoms with Crippen molar-refractivity contribution in [2.45, 2.75) is 6.54 Å². The van der Waals surface area contributed by atoms with Gasteiger partial charge in [0.05, 0.1) is 5.56 Å². The van der Waals surface area contributed by atoms with Gasteiger partial charge in [-0.05, 0) is 23.8 Å². The molecule has 98 valence electrons. The first kappa shape index (κ1) is 13.2. The Morgan fingerprint density at radius 3 is 2.53 bits per heavy atom. The molecule has 0 fully saturated rings. The largest absolute Gasteiger partial charge is 0.351 e. The van der Waals surface area contributed by atoms with Crippen LogP contribution in [0.2, 0.25) is 0 Å². The quantitative estimate of drug-likeness (QED) is 0.757. The molecule has 0 spiro atoms. The van der Waals surface area contributed by atoms with Crippen LogP contribution in [0.25, 0.3) is 0 Å². The molecule has 2 aromatic rings. The lowest BCUT2D eigenvalue weighted by Crippen LogP contribution is -2.31. The zero-order valence-electron chi connectivity index (χ0n) is 10.5. The average molecular weight is 256 g/mol. The fourth-order valence-electron chi connectivity index (χ4n) is 1.60. The maximum absolute atomic E-state index is 11.7. The minimum atomic E-state index is -0.101. The van der Waals surface area contributed by atoms with E-state index < -0.39 is 0 Å². The molecule has 0 bridgehead atoms. The summed E-state index contributed by atoms with van der Waals surface area (Å²) in [6, 6.07) is 7.40. The molecule has 2 aromatic heterocycles. The number of amides is 1. The summed E-state index contributed by atoms with van der Waals surface area (Å²) < 4.78 is 0. The van der Waals surface area contributed by atoms with Crippen LogP contribution in [0.4, 0.5) is 0 Å². The van der Waals surface area contributed by atoms with E-state index in [1.54, 1.807) is 30.7 Å². The number of aromatic nitrogens is 2. The normalized spacial score (nSPS) is 10.1. The molecule has 2 heterocycles. The zero-order chi connectivity index (χ0) is 13.3. The summed E-state index contributed by atoms with van der Waals surface area (Å²) in [7, 11) is 0. The molecule has 19 heavy (non-hydrogen) atoms. The van der Waals surface area contributed by atoms with Gasteiger partial charge in [-0.25, -0.2) is 0 Å². The molecule has 0 unspecified atom stereocenters. The van der Waals surface area contributed by atoms with E-state index in [0.717, 1.165) is 12.1 Å². The molecule has 2 rings (SSSR count). The van der Waals surface area contributed by atoms with Crippen molar-refractivity contribution < 1.29 is 4.79 Å². The number of carbonyl (C=O) groups is 1. The zero-order valence-corrected chi connectivity index (χ0v) is 10.5. The van der Waals surface area contributed by atoms with E-state index in [0.29, 0.717) is 18.7 Å². The highest BCUT2D eigenvalue weighted by atomic mass is 16.1. The number of rotatable bonds is 6. The molecule has 5 nitrogen and oxygen atoms in total. The Balaban J connectivity index is 1.63. The molecular weight excluding hydrogens is 240 g/mol. The van der Waals surface area contributed by atoms with Crippen molar-refractivity contribution in [2.24, 2.45) is 0 Å². The van der Waals surface area contributed by atoms with Crippen LogP contribution in [-0.4, -0.2) is 29.0 Å². The van der Waals surface area contributed by atoms with Gasteiger partial charge < -0.3 is 10.6 Å². The Morgan fingerprint density at radius 1 is 1.05 bits per heavy atom. The molecule has 0 aliphatic carbocycles. The van der Waals surface area contributed by atoms with E-state index in [-0.39, 0.29) is 5.91 Å². The molecule has 0 atom stereocenters. The maximum atomic E-state index is 11.7. The molecule has 0 saturated carbocycles. The van der Waals surface area contributed by atoms with Crippen molar-refractivity contribution in [3.05, 3.63) is 60.2 Å². The minimum Gasteiger partial charge on any atom is -0.351 e. The number of hydrogen-bond donors (Lipinski definition) is 2. The second-order valence-electron chi connectivity index (χ2n) is 4.04. The number of carbonyl (C=O) groups excluding carboxylic acids is 1. The summed E-state index contributed by atoms with van der Waals surface area (Å²) in [5.74, 6) is -0.101. The molecule has 5 heteroatoms. The van der Waals surface area contributed by atoms with Crippen LogP contribution >= 0.6 is 0 Å². The van der Waals surface area contributed by atoms with Gasteiger partial charge in [0, 0.05) is 44.4 Å². The third kappa shape index (κ3) is 4.48. The van der Waals surface area contributed by atoms with Gasteiger partial charge >= 0.3 is 0 Å². The third-order valence-corrected chi connectivity index (χ3v) is 2.56. The summed E-state index contributed by atoms with van der Waals surface area (Å²) in [4.78, 5) is 19.6. The Labute approximate surface area is 112 Å². The first-order chi connectivity index (χ1) is 9.36. The molecule has 0 aliphatic rings. The lowest BCUT2D eigenvalue weighted by molar-refractivity contribution is 0.0953. The molecule has 0 radical (unpaired) electrons. The fraction of sp³-hybridized carbons (Fsp3) is 0.214. The number of hydrogen-bond acceptors (Lipinski definition) is 4. The predicted molar refractivity (Wildman–Crippen MR) is 72.5 cm³/mol. The van der Waals surface area contributed by atoms with Gasteiger partial charge in [-0.1, -0.05) is 6.07 Å². The molecule has 0 saturated heterocycles. The Morgan fingerprint density at radius 2 is 1.84 bits per heavy atom. The van der Waals surface area contributed by atoms with Gasteiger partial charge in [-0.2, -0.15) is 0 Å². The molecular formula is C14H16N4O. The number of nitrogens with one attached hydrogen (secondary N) is 2. The summed E-state index contributed by atoms with van der Waals surface area (Å²) in [5.41, 5.74) is 1.70. The molecule has 2 N–H and O–H groups in total. The van der Waals surface area contributed by atoms with Crippen LogP contribution in [0.3, 0.4) is 0 Å². The second-order valence-corrected chi connectivity index (χ2v) is 4.04. The topological polar surface area (TPSA) is 66.9 Å².